The summed E-state index contributed by atoms with van der Waals surface area (Å²) in [6, 6.07) is 5.14. The Hall–Kier alpha value is -1.68. The van der Waals surface area contributed by atoms with E-state index in [2.05, 4.69) is 17.3 Å². The third-order valence-corrected chi connectivity index (χ3v) is 6.98. The van der Waals surface area contributed by atoms with Crippen LogP contribution in [0.4, 0.5) is 5.69 Å². The van der Waals surface area contributed by atoms with Crippen LogP contribution in [0.1, 0.15) is 48.9 Å². The van der Waals surface area contributed by atoms with Crippen molar-refractivity contribution >= 4 is 21.6 Å². The Balaban J connectivity index is 1.62. The number of nitrogens with zero attached hydrogens (tertiary/aromatic N) is 2. The smallest absolute Gasteiger partial charge is 0.253 e. The zero-order chi connectivity index (χ0) is 21.6. The second kappa shape index (κ2) is 10.6. The quantitative estimate of drug-likeness (QED) is 0.597. The van der Waals surface area contributed by atoms with Gasteiger partial charge in [0.25, 0.3) is 5.91 Å². The van der Waals surface area contributed by atoms with Gasteiger partial charge in [0.15, 0.2) is 0 Å². The van der Waals surface area contributed by atoms with Crippen molar-refractivity contribution in [3.8, 4) is 0 Å². The van der Waals surface area contributed by atoms with E-state index in [4.69, 9.17) is 9.88 Å². The van der Waals surface area contributed by atoms with Crippen LogP contribution < -0.4 is 15.4 Å². The van der Waals surface area contributed by atoms with E-state index in [9.17, 15) is 13.2 Å². The highest BCUT2D eigenvalue weighted by Crippen LogP contribution is 2.25. The lowest BCUT2D eigenvalue weighted by Gasteiger charge is -2.31. The Morgan fingerprint density at radius 2 is 1.93 bits per heavy atom. The average Bonchev–Trinajstić information content (AvgIpc) is 2.76. The monoisotopic (exact) mass is 438 g/mol. The van der Waals surface area contributed by atoms with Gasteiger partial charge in [-0.2, -0.15) is 0 Å². The van der Waals surface area contributed by atoms with Gasteiger partial charge in [-0.1, -0.05) is 19.3 Å². The number of carbonyl (C=O) groups excluding carboxylic acids is 1. The Morgan fingerprint density at radius 1 is 1.23 bits per heavy atom. The minimum Gasteiger partial charge on any atom is -0.378 e. The van der Waals surface area contributed by atoms with Gasteiger partial charge in [-0.05, 0) is 51.1 Å². The van der Waals surface area contributed by atoms with E-state index in [1.54, 1.807) is 6.07 Å². The number of rotatable bonds is 8. The van der Waals surface area contributed by atoms with Crippen molar-refractivity contribution in [1.29, 1.82) is 0 Å². The summed E-state index contributed by atoms with van der Waals surface area (Å²) in [6.45, 7) is 3.93. The maximum absolute atomic E-state index is 12.9. The molecule has 1 aromatic carbocycles. The maximum atomic E-state index is 12.9. The molecule has 30 heavy (non-hydrogen) atoms. The molecule has 1 saturated carbocycles. The zero-order valence-electron chi connectivity index (χ0n) is 17.8. The lowest BCUT2D eigenvalue weighted by Crippen LogP contribution is -2.38. The first kappa shape index (κ1) is 23.0. The van der Waals surface area contributed by atoms with E-state index in [0.717, 1.165) is 13.0 Å². The molecular weight excluding hydrogens is 404 g/mol. The van der Waals surface area contributed by atoms with Crippen LogP contribution in [0.3, 0.4) is 0 Å². The Morgan fingerprint density at radius 3 is 2.60 bits per heavy atom. The lowest BCUT2D eigenvalue weighted by molar-refractivity contribution is 0.0949. The molecule has 0 bridgehead atoms. The van der Waals surface area contributed by atoms with Crippen LogP contribution in [0.25, 0.3) is 0 Å². The van der Waals surface area contributed by atoms with E-state index >= 15 is 0 Å². The summed E-state index contributed by atoms with van der Waals surface area (Å²) in [7, 11) is -1.73. The normalized spacial score (nSPS) is 18.6. The van der Waals surface area contributed by atoms with E-state index in [1.807, 2.05) is 4.90 Å². The molecule has 0 spiro atoms. The number of amides is 1. The molecule has 3 rings (SSSR count). The molecule has 2 fully saturated rings. The summed E-state index contributed by atoms with van der Waals surface area (Å²) < 4.78 is 29.0. The number of carbonyl (C=O) groups is 1. The number of nitrogens with one attached hydrogen (secondary N) is 1. The van der Waals surface area contributed by atoms with Crippen LogP contribution in [0.2, 0.25) is 0 Å². The number of morpholine rings is 1. The molecule has 1 aromatic rings. The van der Waals surface area contributed by atoms with Crippen LogP contribution in [-0.4, -0.2) is 71.7 Å². The first-order valence-electron chi connectivity index (χ1n) is 10.8. The van der Waals surface area contributed by atoms with Crippen LogP contribution >= 0.6 is 0 Å². The summed E-state index contributed by atoms with van der Waals surface area (Å²) in [5, 5.41) is 8.24. The molecule has 0 radical (unpaired) electrons. The van der Waals surface area contributed by atoms with Crippen molar-refractivity contribution in [3.05, 3.63) is 23.8 Å². The molecule has 1 aliphatic carbocycles. The van der Waals surface area contributed by atoms with Gasteiger partial charge in [0, 0.05) is 31.4 Å². The molecule has 168 valence electrons. The van der Waals surface area contributed by atoms with Crippen LogP contribution in [0.5, 0.6) is 0 Å². The molecule has 2 aliphatic rings. The van der Waals surface area contributed by atoms with Gasteiger partial charge in [-0.25, -0.2) is 13.6 Å². The summed E-state index contributed by atoms with van der Waals surface area (Å²) in [4.78, 5) is 17.3. The number of sulfonamides is 1. The maximum Gasteiger partial charge on any atom is 0.253 e. The molecule has 8 nitrogen and oxygen atoms in total. The van der Waals surface area contributed by atoms with Crippen LogP contribution in [-0.2, 0) is 14.8 Å². The second-order valence-electron chi connectivity index (χ2n) is 8.21. The number of hydrogen-bond donors (Lipinski definition) is 2. The SMILES string of the molecule is CN(CCCNC(=O)c1cc(S(N)(=O)=O)ccc1N1CCOCC1)C1CCCCC1. The Labute approximate surface area is 179 Å². The molecule has 3 N–H and O–H groups in total. The van der Waals surface area contributed by atoms with Gasteiger partial charge in [0.1, 0.15) is 0 Å². The van der Waals surface area contributed by atoms with Crippen molar-refractivity contribution in [2.45, 2.75) is 49.5 Å². The van der Waals surface area contributed by atoms with Crippen LogP contribution in [0, 0.1) is 0 Å². The second-order valence-corrected chi connectivity index (χ2v) is 9.77. The third kappa shape index (κ3) is 6.16. The largest absolute Gasteiger partial charge is 0.378 e. The molecule has 1 heterocycles. The minimum atomic E-state index is -3.89. The molecular formula is C21H34N4O4S. The molecule has 0 unspecified atom stereocenters. The number of hydrogen-bond acceptors (Lipinski definition) is 6. The summed E-state index contributed by atoms with van der Waals surface area (Å²) in [5.74, 6) is -0.276. The highest BCUT2D eigenvalue weighted by Gasteiger charge is 2.22. The topological polar surface area (TPSA) is 105 Å². The fraction of sp³-hybridized carbons (Fsp3) is 0.667. The van der Waals surface area contributed by atoms with Gasteiger partial charge in [0.2, 0.25) is 10.0 Å². The Bertz CT molecular complexity index is 818. The summed E-state index contributed by atoms with van der Waals surface area (Å²) >= 11 is 0. The van der Waals surface area contributed by atoms with Gasteiger partial charge >= 0.3 is 0 Å². The number of primary sulfonamides is 1. The number of ether oxygens (including phenoxy) is 1. The van der Waals surface area contributed by atoms with E-state index in [0.29, 0.717) is 50.1 Å². The molecule has 1 aliphatic heterocycles. The highest BCUT2D eigenvalue weighted by molar-refractivity contribution is 7.89. The molecule has 1 saturated heterocycles. The fourth-order valence-electron chi connectivity index (χ4n) is 4.28. The van der Waals surface area contributed by atoms with Gasteiger partial charge in [-0.3, -0.25) is 4.79 Å². The average molecular weight is 439 g/mol. The predicted molar refractivity (Wildman–Crippen MR) is 117 cm³/mol. The van der Waals surface area contributed by atoms with Crippen molar-refractivity contribution in [1.82, 2.24) is 10.2 Å². The van der Waals surface area contributed by atoms with E-state index in [1.165, 1.54) is 44.2 Å². The van der Waals surface area contributed by atoms with Gasteiger partial charge < -0.3 is 19.9 Å². The lowest BCUT2D eigenvalue weighted by atomic mass is 9.94. The van der Waals surface area contributed by atoms with Crippen LogP contribution in [0.15, 0.2) is 23.1 Å². The summed E-state index contributed by atoms with van der Waals surface area (Å²) in [5.41, 5.74) is 1.05. The number of anilines is 1. The minimum absolute atomic E-state index is 0.0540. The molecule has 1 amide bonds. The number of benzene rings is 1. The van der Waals surface area contributed by atoms with Crippen molar-refractivity contribution < 1.29 is 17.9 Å². The van der Waals surface area contributed by atoms with Crippen molar-refractivity contribution in [2.75, 3.05) is 51.3 Å². The first-order valence-corrected chi connectivity index (χ1v) is 12.4. The molecule has 0 aromatic heterocycles. The number of nitrogens with two attached hydrogens (primary N) is 1. The van der Waals surface area contributed by atoms with E-state index < -0.39 is 10.0 Å². The summed E-state index contributed by atoms with van der Waals surface area (Å²) in [6.07, 6.45) is 7.30. The fourth-order valence-corrected chi connectivity index (χ4v) is 4.82. The molecule has 0 atom stereocenters. The standard InChI is InChI=1S/C21H34N4O4S/c1-24(17-6-3-2-4-7-17)11-5-10-23-21(26)19-16-18(30(22,27)28)8-9-20(19)25-12-14-29-15-13-25/h8-9,16-17H,2-7,10-15H2,1H3,(H,23,26)(H2,22,27,28). The zero-order valence-corrected chi connectivity index (χ0v) is 18.6. The first-order chi connectivity index (χ1) is 14.4. The highest BCUT2D eigenvalue weighted by atomic mass is 32.2. The molecule has 9 heteroatoms. The van der Waals surface area contributed by atoms with Crippen molar-refractivity contribution in [2.24, 2.45) is 5.14 Å². The van der Waals surface area contributed by atoms with E-state index in [-0.39, 0.29) is 10.8 Å². The van der Waals surface area contributed by atoms with Crippen molar-refractivity contribution in [3.63, 3.8) is 0 Å². The third-order valence-electron chi connectivity index (χ3n) is 6.06. The predicted octanol–water partition coefficient (Wildman–Crippen LogP) is 1.56. The van der Waals surface area contributed by atoms with Gasteiger partial charge in [-0.15, -0.1) is 0 Å². The Kier molecular flexibility index (Phi) is 8.10. The van der Waals surface area contributed by atoms with Gasteiger partial charge in [0.05, 0.1) is 23.7 Å².